The van der Waals surface area contributed by atoms with Crippen LogP contribution >= 0.6 is 0 Å². The van der Waals surface area contributed by atoms with Crippen LogP contribution in [0, 0.1) is 0 Å². The summed E-state index contributed by atoms with van der Waals surface area (Å²) in [4.78, 5) is 24.5. The number of carbonyl (C=O) groups excluding carboxylic acids is 2. The van der Waals surface area contributed by atoms with Crippen molar-refractivity contribution >= 4 is 17.6 Å². The highest BCUT2D eigenvalue weighted by Gasteiger charge is 2.23. The third-order valence-corrected chi connectivity index (χ3v) is 4.03. The van der Waals surface area contributed by atoms with Gasteiger partial charge in [0, 0.05) is 30.8 Å². The molecule has 138 valence electrons. The molecule has 0 aliphatic carbocycles. The number of ether oxygens (including phenoxy) is 2. The highest BCUT2D eigenvalue weighted by molar-refractivity contribution is 6.05. The number of aromatic nitrogens is 2. The van der Waals surface area contributed by atoms with Gasteiger partial charge in [0.25, 0.3) is 5.91 Å². The van der Waals surface area contributed by atoms with Crippen LogP contribution in [0.3, 0.4) is 0 Å². The van der Waals surface area contributed by atoms with Crippen LogP contribution in [0.1, 0.15) is 46.0 Å². The van der Waals surface area contributed by atoms with Crippen molar-refractivity contribution in [1.29, 1.82) is 0 Å². The van der Waals surface area contributed by atoms with E-state index in [0.717, 1.165) is 24.2 Å². The molecule has 26 heavy (non-hydrogen) atoms. The number of esters is 1. The minimum atomic E-state index is -0.488. The van der Waals surface area contributed by atoms with Gasteiger partial charge in [0.05, 0.1) is 24.5 Å². The first kappa shape index (κ1) is 17.9. The van der Waals surface area contributed by atoms with E-state index in [1.54, 1.807) is 18.2 Å². The highest BCUT2D eigenvalue weighted by Crippen LogP contribution is 2.28. The van der Waals surface area contributed by atoms with Gasteiger partial charge in [-0.05, 0) is 32.0 Å². The molecule has 0 radical (unpaired) electrons. The monoisotopic (exact) mass is 358 g/mol. The normalized spacial score (nSPS) is 13.2. The number of fused-ring (bicyclic) bond motifs is 1. The summed E-state index contributed by atoms with van der Waals surface area (Å²) in [6.45, 7) is 5.21. The van der Waals surface area contributed by atoms with Gasteiger partial charge in [-0.2, -0.15) is 5.10 Å². The number of rotatable bonds is 5. The van der Waals surface area contributed by atoms with Crippen LogP contribution in [0.15, 0.2) is 18.2 Å². The van der Waals surface area contributed by atoms with E-state index in [-0.39, 0.29) is 12.0 Å². The number of anilines is 1. The van der Waals surface area contributed by atoms with Gasteiger partial charge in [-0.3, -0.25) is 9.89 Å². The second-order valence-corrected chi connectivity index (χ2v) is 6.28. The van der Waals surface area contributed by atoms with Crippen LogP contribution in [0.5, 0.6) is 5.75 Å². The van der Waals surface area contributed by atoms with Crippen molar-refractivity contribution in [3.05, 3.63) is 40.7 Å². The Morgan fingerprint density at radius 2 is 2.12 bits per heavy atom. The summed E-state index contributed by atoms with van der Waals surface area (Å²) in [6.07, 6.45) is 0.715. The summed E-state index contributed by atoms with van der Waals surface area (Å²) in [5, 5.41) is 13.1. The van der Waals surface area contributed by atoms with E-state index in [2.05, 4.69) is 20.8 Å². The quantitative estimate of drug-likeness (QED) is 0.705. The number of nitrogens with zero attached hydrogens (tertiary/aromatic N) is 1. The van der Waals surface area contributed by atoms with E-state index < -0.39 is 5.97 Å². The SMILES string of the molecule is COC(=O)c1ccc(OC(C)C)c(NC(=O)c2n[nH]c3c2CNCC3)c1. The van der Waals surface area contributed by atoms with Gasteiger partial charge in [-0.15, -0.1) is 0 Å². The van der Waals surface area contributed by atoms with Crippen LogP contribution in [-0.2, 0) is 17.7 Å². The van der Waals surface area contributed by atoms with Crippen LogP contribution in [0.2, 0.25) is 0 Å². The molecule has 0 unspecified atom stereocenters. The Morgan fingerprint density at radius 3 is 2.85 bits per heavy atom. The Balaban J connectivity index is 1.90. The molecule has 0 fully saturated rings. The maximum atomic E-state index is 12.7. The maximum Gasteiger partial charge on any atom is 0.337 e. The zero-order valence-corrected chi connectivity index (χ0v) is 15.0. The summed E-state index contributed by atoms with van der Waals surface area (Å²) in [7, 11) is 1.31. The predicted molar refractivity (Wildman–Crippen MR) is 95.5 cm³/mol. The molecule has 8 nitrogen and oxygen atoms in total. The molecule has 8 heteroatoms. The minimum Gasteiger partial charge on any atom is -0.489 e. The Labute approximate surface area is 151 Å². The topological polar surface area (TPSA) is 105 Å². The van der Waals surface area contributed by atoms with E-state index in [1.807, 2.05) is 13.8 Å². The zero-order valence-electron chi connectivity index (χ0n) is 15.0. The zero-order chi connectivity index (χ0) is 18.7. The Hall–Kier alpha value is -2.87. The molecule has 0 bridgehead atoms. The van der Waals surface area contributed by atoms with Crippen LogP contribution in [0.25, 0.3) is 0 Å². The predicted octanol–water partition coefficient (Wildman–Crippen LogP) is 1.88. The largest absolute Gasteiger partial charge is 0.489 e. The van der Waals surface area contributed by atoms with Crippen molar-refractivity contribution < 1.29 is 19.1 Å². The number of hydrogen-bond donors (Lipinski definition) is 3. The number of carbonyl (C=O) groups is 2. The summed E-state index contributed by atoms with van der Waals surface area (Å²) < 4.78 is 10.5. The third kappa shape index (κ3) is 3.70. The average Bonchev–Trinajstić information content (AvgIpc) is 3.06. The Kier molecular flexibility index (Phi) is 5.22. The first-order valence-corrected chi connectivity index (χ1v) is 8.46. The van der Waals surface area contributed by atoms with Gasteiger partial charge in [0.2, 0.25) is 0 Å². The van der Waals surface area contributed by atoms with Crippen molar-refractivity contribution in [3.8, 4) is 5.75 Å². The molecular weight excluding hydrogens is 336 g/mol. The van der Waals surface area contributed by atoms with E-state index in [0.29, 0.717) is 29.2 Å². The average molecular weight is 358 g/mol. The minimum absolute atomic E-state index is 0.0861. The van der Waals surface area contributed by atoms with Gasteiger partial charge in [0.15, 0.2) is 5.69 Å². The highest BCUT2D eigenvalue weighted by atomic mass is 16.5. The molecular formula is C18H22N4O4. The first-order chi connectivity index (χ1) is 12.5. The molecule has 1 amide bonds. The number of methoxy groups -OCH3 is 1. The van der Waals surface area contributed by atoms with E-state index in [1.165, 1.54) is 7.11 Å². The van der Waals surface area contributed by atoms with E-state index in [4.69, 9.17) is 9.47 Å². The van der Waals surface area contributed by atoms with Crippen molar-refractivity contribution in [3.63, 3.8) is 0 Å². The standard InChI is InChI=1S/C18H22N4O4/c1-10(2)26-15-5-4-11(18(24)25-3)8-14(15)20-17(23)16-12-9-19-7-6-13(12)21-22-16/h4-5,8,10,19H,6-7,9H2,1-3H3,(H,20,23)(H,21,22). The second kappa shape index (κ2) is 7.57. The molecule has 3 N–H and O–H groups in total. The fraction of sp³-hybridized carbons (Fsp3) is 0.389. The summed E-state index contributed by atoms with van der Waals surface area (Å²) in [5.74, 6) is -0.372. The lowest BCUT2D eigenvalue weighted by Crippen LogP contribution is -2.25. The van der Waals surface area contributed by atoms with Crippen LogP contribution in [-0.4, -0.2) is 41.8 Å². The Morgan fingerprint density at radius 1 is 1.31 bits per heavy atom. The second-order valence-electron chi connectivity index (χ2n) is 6.28. The van der Waals surface area contributed by atoms with Gasteiger partial charge < -0.3 is 20.1 Å². The molecule has 1 aromatic carbocycles. The molecule has 0 saturated heterocycles. The van der Waals surface area contributed by atoms with Crippen molar-refractivity contribution in [2.45, 2.75) is 32.9 Å². The molecule has 3 rings (SSSR count). The molecule has 0 spiro atoms. The number of aromatic amines is 1. The van der Waals surface area contributed by atoms with Crippen LogP contribution in [0.4, 0.5) is 5.69 Å². The fourth-order valence-electron chi connectivity index (χ4n) is 2.82. The summed E-state index contributed by atoms with van der Waals surface area (Å²) in [5.41, 5.74) is 2.89. The van der Waals surface area contributed by atoms with Crippen molar-refractivity contribution in [1.82, 2.24) is 15.5 Å². The first-order valence-electron chi connectivity index (χ1n) is 8.46. The molecule has 1 aliphatic rings. The number of amides is 1. The third-order valence-electron chi connectivity index (χ3n) is 4.03. The lowest BCUT2D eigenvalue weighted by Gasteiger charge is -2.16. The fourth-order valence-corrected chi connectivity index (χ4v) is 2.82. The number of benzene rings is 1. The van der Waals surface area contributed by atoms with Gasteiger partial charge in [-0.25, -0.2) is 4.79 Å². The number of nitrogens with one attached hydrogen (secondary N) is 3. The molecule has 0 saturated carbocycles. The number of H-pyrrole nitrogens is 1. The molecule has 2 aromatic rings. The van der Waals surface area contributed by atoms with Gasteiger partial charge >= 0.3 is 5.97 Å². The molecule has 0 atom stereocenters. The summed E-state index contributed by atoms with van der Waals surface area (Å²) in [6, 6.07) is 4.78. The van der Waals surface area contributed by atoms with Gasteiger partial charge in [0.1, 0.15) is 5.75 Å². The summed E-state index contributed by atoms with van der Waals surface area (Å²) >= 11 is 0. The van der Waals surface area contributed by atoms with E-state index in [9.17, 15) is 9.59 Å². The van der Waals surface area contributed by atoms with Gasteiger partial charge in [-0.1, -0.05) is 0 Å². The lowest BCUT2D eigenvalue weighted by molar-refractivity contribution is 0.0600. The van der Waals surface area contributed by atoms with Crippen LogP contribution < -0.4 is 15.4 Å². The van der Waals surface area contributed by atoms with E-state index >= 15 is 0 Å². The molecule has 1 aliphatic heterocycles. The van der Waals surface area contributed by atoms with Crippen molar-refractivity contribution in [2.75, 3.05) is 19.0 Å². The Bertz CT molecular complexity index is 829. The molecule has 2 heterocycles. The van der Waals surface area contributed by atoms with Crippen molar-refractivity contribution in [2.24, 2.45) is 0 Å². The molecule has 1 aromatic heterocycles. The number of hydrogen-bond acceptors (Lipinski definition) is 6. The smallest absolute Gasteiger partial charge is 0.337 e. The lowest BCUT2D eigenvalue weighted by atomic mass is 10.1. The maximum absolute atomic E-state index is 12.7.